The smallest absolute Gasteiger partial charge is 0.324 e. The van der Waals surface area contributed by atoms with E-state index in [1.165, 1.54) is 16.7 Å². The van der Waals surface area contributed by atoms with Crippen LogP contribution in [-0.2, 0) is 4.79 Å². The number of carbonyl (C=O) groups excluding carboxylic acids is 2. The number of benzene rings is 1. The van der Waals surface area contributed by atoms with Gasteiger partial charge >= 0.3 is 6.03 Å². The lowest BCUT2D eigenvalue weighted by atomic mass is 10.3. The number of rotatable bonds is 3. The molecule has 2 N–H and O–H groups in total. The standard InChI is InChI=1S/C13H13ClN4O2S/c1-7(11(19)18-5-4-15-13(18)20)21-12-16-9-3-2-8(14)6-10(9)17-12/h2-3,6-7H,4-5H2,1H3,(H,15,20)(H,16,17). The molecule has 1 atom stereocenters. The molecule has 1 aliphatic rings. The van der Waals surface area contributed by atoms with Crippen molar-refractivity contribution in [2.24, 2.45) is 0 Å². The molecule has 2 heterocycles. The zero-order valence-corrected chi connectivity index (χ0v) is 12.8. The lowest BCUT2D eigenvalue weighted by molar-refractivity contribution is -0.126. The van der Waals surface area contributed by atoms with Gasteiger partial charge in [-0.25, -0.2) is 9.78 Å². The van der Waals surface area contributed by atoms with Gasteiger partial charge in [-0.1, -0.05) is 23.4 Å². The van der Waals surface area contributed by atoms with E-state index in [2.05, 4.69) is 15.3 Å². The Morgan fingerprint density at radius 3 is 3.05 bits per heavy atom. The summed E-state index contributed by atoms with van der Waals surface area (Å²) in [6, 6.07) is 5.04. The lowest BCUT2D eigenvalue weighted by Crippen LogP contribution is -2.38. The van der Waals surface area contributed by atoms with Crippen LogP contribution in [0.1, 0.15) is 6.92 Å². The zero-order valence-electron chi connectivity index (χ0n) is 11.2. The van der Waals surface area contributed by atoms with E-state index in [1.807, 2.05) is 6.07 Å². The van der Waals surface area contributed by atoms with E-state index < -0.39 is 5.25 Å². The van der Waals surface area contributed by atoms with Gasteiger partial charge < -0.3 is 10.3 Å². The van der Waals surface area contributed by atoms with Crippen molar-refractivity contribution in [1.82, 2.24) is 20.2 Å². The topological polar surface area (TPSA) is 78.1 Å². The van der Waals surface area contributed by atoms with Gasteiger partial charge in [0.15, 0.2) is 5.16 Å². The Bertz CT molecular complexity index is 717. The van der Waals surface area contributed by atoms with Crippen LogP contribution in [0.5, 0.6) is 0 Å². The van der Waals surface area contributed by atoms with E-state index in [4.69, 9.17) is 11.6 Å². The van der Waals surface area contributed by atoms with E-state index in [0.29, 0.717) is 23.3 Å². The van der Waals surface area contributed by atoms with Crippen LogP contribution in [0.15, 0.2) is 23.4 Å². The molecule has 8 heteroatoms. The third-order valence-electron chi connectivity index (χ3n) is 3.18. The number of fused-ring (bicyclic) bond motifs is 1. The Kier molecular flexibility index (Phi) is 3.77. The van der Waals surface area contributed by atoms with Crippen LogP contribution >= 0.6 is 23.4 Å². The quantitative estimate of drug-likeness (QED) is 0.849. The first-order chi connectivity index (χ1) is 10.0. The first-order valence-electron chi connectivity index (χ1n) is 6.46. The van der Waals surface area contributed by atoms with Crippen LogP contribution in [0.25, 0.3) is 11.0 Å². The molecule has 0 saturated carbocycles. The highest BCUT2D eigenvalue weighted by molar-refractivity contribution is 8.00. The van der Waals surface area contributed by atoms with Gasteiger partial charge in [-0.05, 0) is 25.1 Å². The maximum atomic E-state index is 12.2. The number of urea groups is 1. The van der Waals surface area contributed by atoms with Crippen LogP contribution in [0.3, 0.4) is 0 Å². The second-order valence-corrected chi connectivity index (χ2v) is 6.45. The predicted octanol–water partition coefficient (Wildman–Crippen LogP) is 2.25. The number of halogens is 1. The molecule has 0 aliphatic carbocycles. The number of aromatic nitrogens is 2. The number of aromatic amines is 1. The first-order valence-corrected chi connectivity index (χ1v) is 7.71. The molecule has 0 spiro atoms. The van der Waals surface area contributed by atoms with Gasteiger partial charge in [-0.3, -0.25) is 9.69 Å². The van der Waals surface area contributed by atoms with Gasteiger partial charge in [0.2, 0.25) is 5.91 Å². The Morgan fingerprint density at radius 2 is 2.33 bits per heavy atom. The van der Waals surface area contributed by atoms with Gasteiger partial charge in [-0.2, -0.15) is 0 Å². The fourth-order valence-corrected chi connectivity index (χ4v) is 3.19. The summed E-state index contributed by atoms with van der Waals surface area (Å²) in [5, 5.41) is 3.48. The summed E-state index contributed by atoms with van der Waals surface area (Å²) >= 11 is 7.22. The molecular formula is C13H13ClN4O2S. The molecular weight excluding hydrogens is 312 g/mol. The number of nitrogens with zero attached hydrogens (tertiary/aromatic N) is 2. The molecule has 0 bridgehead atoms. The monoisotopic (exact) mass is 324 g/mol. The number of hydrogen-bond acceptors (Lipinski definition) is 4. The third-order valence-corrected chi connectivity index (χ3v) is 4.39. The fraction of sp³-hybridized carbons (Fsp3) is 0.308. The van der Waals surface area contributed by atoms with Crippen LogP contribution in [0.4, 0.5) is 4.79 Å². The summed E-state index contributed by atoms with van der Waals surface area (Å²) in [4.78, 5) is 32.5. The molecule has 1 aromatic carbocycles. The molecule has 21 heavy (non-hydrogen) atoms. The van der Waals surface area contributed by atoms with Crippen LogP contribution in [0.2, 0.25) is 5.02 Å². The zero-order chi connectivity index (χ0) is 15.0. The normalized spacial score (nSPS) is 16.3. The van der Waals surface area contributed by atoms with Gasteiger partial charge in [0.1, 0.15) is 0 Å². The summed E-state index contributed by atoms with van der Waals surface area (Å²) in [6.07, 6.45) is 0. The third kappa shape index (κ3) is 2.84. The average molecular weight is 325 g/mol. The maximum Gasteiger partial charge on any atom is 0.324 e. The highest BCUT2D eigenvalue weighted by Crippen LogP contribution is 2.26. The number of H-pyrrole nitrogens is 1. The maximum absolute atomic E-state index is 12.2. The van der Waals surface area contributed by atoms with E-state index in [9.17, 15) is 9.59 Å². The molecule has 0 radical (unpaired) electrons. The largest absolute Gasteiger partial charge is 0.336 e. The Morgan fingerprint density at radius 1 is 1.52 bits per heavy atom. The number of carbonyl (C=O) groups is 2. The van der Waals surface area contributed by atoms with Crippen LogP contribution < -0.4 is 5.32 Å². The Hall–Kier alpha value is -1.73. The van der Waals surface area contributed by atoms with Crippen molar-refractivity contribution in [3.63, 3.8) is 0 Å². The number of thioether (sulfide) groups is 1. The molecule has 110 valence electrons. The first kappa shape index (κ1) is 14.2. The van der Waals surface area contributed by atoms with Crippen molar-refractivity contribution in [3.05, 3.63) is 23.2 Å². The van der Waals surface area contributed by atoms with Gasteiger partial charge in [0.25, 0.3) is 0 Å². The highest BCUT2D eigenvalue weighted by atomic mass is 35.5. The Labute approximate surface area is 130 Å². The van der Waals surface area contributed by atoms with Crippen LogP contribution in [-0.4, -0.2) is 45.1 Å². The fourth-order valence-electron chi connectivity index (χ4n) is 2.13. The van der Waals surface area contributed by atoms with Crippen molar-refractivity contribution in [1.29, 1.82) is 0 Å². The molecule has 1 unspecified atom stereocenters. The van der Waals surface area contributed by atoms with Gasteiger partial charge in [0.05, 0.1) is 16.3 Å². The summed E-state index contributed by atoms with van der Waals surface area (Å²) < 4.78 is 0. The molecule has 3 amide bonds. The molecule has 1 fully saturated rings. The van der Waals surface area contributed by atoms with Gasteiger partial charge in [-0.15, -0.1) is 0 Å². The second kappa shape index (κ2) is 5.57. The minimum absolute atomic E-state index is 0.214. The minimum Gasteiger partial charge on any atom is -0.336 e. The lowest BCUT2D eigenvalue weighted by Gasteiger charge is -2.16. The van der Waals surface area contributed by atoms with E-state index in [-0.39, 0.29) is 11.9 Å². The molecule has 3 rings (SSSR count). The highest BCUT2D eigenvalue weighted by Gasteiger charge is 2.30. The summed E-state index contributed by atoms with van der Waals surface area (Å²) in [7, 11) is 0. The van der Waals surface area contributed by atoms with Crippen molar-refractivity contribution >= 4 is 46.3 Å². The molecule has 2 aromatic rings. The molecule has 1 saturated heterocycles. The second-order valence-electron chi connectivity index (χ2n) is 4.69. The summed E-state index contributed by atoms with van der Waals surface area (Å²) in [6.45, 7) is 2.68. The van der Waals surface area contributed by atoms with Crippen molar-refractivity contribution in [3.8, 4) is 0 Å². The SMILES string of the molecule is CC(Sc1nc2ccc(Cl)cc2[nH]1)C(=O)N1CCNC1=O. The van der Waals surface area contributed by atoms with Crippen molar-refractivity contribution in [2.45, 2.75) is 17.3 Å². The number of hydrogen-bond donors (Lipinski definition) is 2. The van der Waals surface area contributed by atoms with Crippen LogP contribution in [0, 0.1) is 0 Å². The summed E-state index contributed by atoms with van der Waals surface area (Å²) in [5.74, 6) is -0.214. The van der Waals surface area contributed by atoms with Gasteiger partial charge in [0, 0.05) is 18.1 Å². The minimum atomic E-state index is -0.398. The predicted molar refractivity (Wildman–Crippen MR) is 81.5 cm³/mol. The summed E-state index contributed by atoms with van der Waals surface area (Å²) in [5.41, 5.74) is 1.61. The molecule has 1 aromatic heterocycles. The number of nitrogens with one attached hydrogen (secondary N) is 2. The Balaban J connectivity index is 1.75. The number of amides is 3. The number of imide groups is 1. The number of imidazole rings is 1. The molecule has 6 nitrogen and oxygen atoms in total. The van der Waals surface area contributed by atoms with E-state index >= 15 is 0 Å². The van der Waals surface area contributed by atoms with Crippen molar-refractivity contribution < 1.29 is 9.59 Å². The average Bonchev–Trinajstić information content (AvgIpc) is 3.03. The van der Waals surface area contributed by atoms with Crippen molar-refractivity contribution in [2.75, 3.05) is 13.1 Å². The molecule has 1 aliphatic heterocycles. The van der Waals surface area contributed by atoms with E-state index in [0.717, 1.165) is 11.0 Å². The van der Waals surface area contributed by atoms with E-state index in [1.54, 1.807) is 19.1 Å².